The number of amides is 1. The molecule has 2 rings (SSSR count). The molecule has 0 atom stereocenters. The van der Waals surface area contributed by atoms with Gasteiger partial charge in [0.2, 0.25) is 5.91 Å². The quantitative estimate of drug-likeness (QED) is 0.819. The van der Waals surface area contributed by atoms with Gasteiger partial charge in [0.05, 0.1) is 12.2 Å². The lowest BCUT2D eigenvalue weighted by atomic mass is 9.80. The fourth-order valence-electron chi connectivity index (χ4n) is 2.70. The molecule has 1 fully saturated rings. The Kier molecular flexibility index (Phi) is 5.36. The summed E-state index contributed by atoms with van der Waals surface area (Å²) in [4.78, 5) is 23.9. The van der Waals surface area contributed by atoms with Crippen LogP contribution in [0.3, 0.4) is 0 Å². The topological polar surface area (TPSA) is 81.4 Å². The van der Waals surface area contributed by atoms with Gasteiger partial charge in [-0.05, 0) is 31.2 Å². The monoisotopic (exact) mass is 310 g/mol. The Morgan fingerprint density at radius 2 is 2.10 bits per heavy atom. The van der Waals surface area contributed by atoms with E-state index in [1.54, 1.807) is 18.4 Å². The number of hydrogen-bond donors (Lipinski definition) is 2. The number of anilines is 1. The van der Waals surface area contributed by atoms with Crippen LogP contribution in [0, 0.1) is 0 Å². The van der Waals surface area contributed by atoms with Crippen molar-refractivity contribution in [2.24, 2.45) is 5.73 Å². The summed E-state index contributed by atoms with van der Waals surface area (Å²) in [7, 11) is 0. The van der Waals surface area contributed by atoms with Crippen LogP contribution in [0.5, 0.6) is 0 Å². The molecule has 1 aromatic heterocycles. The standard InChI is InChI=1S/C15H22N2O3S/c1-2-20-14(19)11-6-9-21-13(11)17-12(18)10-15(16)7-4-3-5-8-15/h6,9H,2-5,7-8,10,16H2,1H3,(H,17,18). The Hall–Kier alpha value is -1.40. The molecule has 1 amide bonds. The maximum absolute atomic E-state index is 12.2. The lowest BCUT2D eigenvalue weighted by Crippen LogP contribution is -2.44. The Bertz CT molecular complexity index is 507. The molecule has 1 aliphatic rings. The van der Waals surface area contributed by atoms with Gasteiger partial charge in [-0.2, -0.15) is 0 Å². The van der Waals surface area contributed by atoms with Gasteiger partial charge in [0, 0.05) is 12.0 Å². The molecule has 5 nitrogen and oxygen atoms in total. The molecular formula is C15H22N2O3S. The molecule has 0 bridgehead atoms. The summed E-state index contributed by atoms with van der Waals surface area (Å²) in [5.74, 6) is -0.540. The van der Waals surface area contributed by atoms with Crippen LogP contribution in [-0.2, 0) is 9.53 Å². The molecule has 1 aromatic rings. The zero-order chi connectivity index (χ0) is 15.3. The lowest BCUT2D eigenvalue weighted by Gasteiger charge is -2.32. The number of nitrogens with two attached hydrogens (primary N) is 1. The van der Waals surface area contributed by atoms with Crippen molar-refractivity contribution in [3.05, 3.63) is 17.0 Å². The molecule has 3 N–H and O–H groups in total. The fraction of sp³-hybridized carbons (Fsp3) is 0.600. The molecule has 0 aromatic carbocycles. The van der Waals surface area contributed by atoms with Crippen molar-refractivity contribution >= 4 is 28.2 Å². The van der Waals surface area contributed by atoms with Crippen molar-refractivity contribution in [1.82, 2.24) is 0 Å². The summed E-state index contributed by atoms with van der Waals surface area (Å²) >= 11 is 1.32. The minimum atomic E-state index is -0.408. The summed E-state index contributed by atoms with van der Waals surface area (Å²) in [5.41, 5.74) is 6.29. The maximum atomic E-state index is 12.2. The van der Waals surface area contributed by atoms with Crippen LogP contribution >= 0.6 is 11.3 Å². The van der Waals surface area contributed by atoms with E-state index in [1.807, 2.05) is 0 Å². The second-order valence-electron chi connectivity index (χ2n) is 5.53. The number of carbonyl (C=O) groups is 2. The van der Waals surface area contributed by atoms with E-state index in [1.165, 1.54) is 17.8 Å². The minimum absolute atomic E-state index is 0.132. The first-order valence-corrected chi connectivity index (χ1v) is 8.25. The molecule has 0 unspecified atom stereocenters. The highest BCUT2D eigenvalue weighted by Crippen LogP contribution is 2.30. The Labute approximate surface area is 128 Å². The van der Waals surface area contributed by atoms with E-state index in [-0.39, 0.29) is 5.91 Å². The van der Waals surface area contributed by atoms with Gasteiger partial charge in [0.1, 0.15) is 5.00 Å². The van der Waals surface area contributed by atoms with E-state index in [4.69, 9.17) is 10.5 Å². The number of rotatable bonds is 5. The molecule has 1 saturated carbocycles. The first-order valence-electron chi connectivity index (χ1n) is 7.37. The number of esters is 1. The molecule has 0 aliphatic heterocycles. The molecule has 6 heteroatoms. The van der Waals surface area contributed by atoms with Gasteiger partial charge in [-0.15, -0.1) is 11.3 Å². The first-order chi connectivity index (χ1) is 10.0. The molecule has 1 aliphatic carbocycles. The Balaban J connectivity index is 1.97. The zero-order valence-corrected chi connectivity index (χ0v) is 13.1. The number of carbonyl (C=O) groups excluding carboxylic acids is 2. The number of thiophene rings is 1. The summed E-state index contributed by atoms with van der Waals surface area (Å²) in [6, 6.07) is 1.66. The molecule has 1 heterocycles. The largest absolute Gasteiger partial charge is 0.462 e. The smallest absolute Gasteiger partial charge is 0.341 e. The van der Waals surface area contributed by atoms with Crippen LogP contribution in [-0.4, -0.2) is 24.0 Å². The SMILES string of the molecule is CCOC(=O)c1ccsc1NC(=O)CC1(N)CCCCC1. The molecule has 21 heavy (non-hydrogen) atoms. The van der Waals surface area contributed by atoms with Gasteiger partial charge < -0.3 is 15.8 Å². The highest BCUT2D eigenvalue weighted by Gasteiger charge is 2.30. The van der Waals surface area contributed by atoms with E-state index < -0.39 is 11.5 Å². The highest BCUT2D eigenvalue weighted by molar-refractivity contribution is 7.14. The average Bonchev–Trinajstić information content (AvgIpc) is 2.87. The third kappa shape index (κ3) is 4.28. The molecular weight excluding hydrogens is 288 g/mol. The van der Waals surface area contributed by atoms with Crippen LogP contribution in [0.25, 0.3) is 0 Å². The van der Waals surface area contributed by atoms with Crippen LogP contribution < -0.4 is 11.1 Å². The number of hydrogen-bond acceptors (Lipinski definition) is 5. The van der Waals surface area contributed by atoms with Gasteiger partial charge in [0.25, 0.3) is 0 Å². The minimum Gasteiger partial charge on any atom is -0.462 e. The highest BCUT2D eigenvalue weighted by atomic mass is 32.1. The number of ether oxygens (including phenoxy) is 1. The summed E-state index contributed by atoms with van der Waals surface area (Å²) in [6.45, 7) is 2.07. The lowest BCUT2D eigenvalue weighted by molar-refractivity contribution is -0.117. The predicted molar refractivity (Wildman–Crippen MR) is 83.5 cm³/mol. The van der Waals surface area contributed by atoms with Crippen molar-refractivity contribution in [2.45, 2.75) is 51.0 Å². The third-order valence-corrected chi connectivity index (χ3v) is 4.61. The fourth-order valence-corrected chi connectivity index (χ4v) is 3.49. The summed E-state index contributed by atoms with van der Waals surface area (Å²) in [6.07, 6.45) is 5.42. The summed E-state index contributed by atoms with van der Waals surface area (Å²) < 4.78 is 4.97. The van der Waals surface area contributed by atoms with E-state index >= 15 is 0 Å². The maximum Gasteiger partial charge on any atom is 0.341 e. The van der Waals surface area contributed by atoms with Gasteiger partial charge >= 0.3 is 5.97 Å². The van der Waals surface area contributed by atoms with E-state index in [0.717, 1.165) is 25.7 Å². The zero-order valence-electron chi connectivity index (χ0n) is 12.3. The Morgan fingerprint density at radius 1 is 1.38 bits per heavy atom. The van der Waals surface area contributed by atoms with Gasteiger partial charge in [0.15, 0.2) is 0 Å². The van der Waals surface area contributed by atoms with Crippen LogP contribution in [0.15, 0.2) is 11.4 Å². The average molecular weight is 310 g/mol. The first kappa shape index (κ1) is 16.0. The molecule has 116 valence electrons. The molecule has 0 saturated heterocycles. The van der Waals surface area contributed by atoms with Crippen molar-refractivity contribution in [3.63, 3.8) is 0 Å². The molecule has 0 radical (unpaired) electrons. The number of nitrogens with one attached hydrogen (secondary N) is 1. The van der Waals surface area contributed by atoms with E-state index in [2.05, 4.69) is 5.32 Å². The third-order valence-electron chi connectivity index (χ3n) is 3.78. The van der Waals surface area contributed by atoms with Crippen LogP contribution in [0.2, 0.25) is 0 Å². The van der Waals surface area contributed by atoms with Crippen LogP contribution in [0.1, 0.15) is 55.8 Å². The van der Waals surface area contributed by atoms with Crippen molar-refractivity contribution in [1.29, 1.82) is 0 Å². The van der Waals surface area contributed by atoms with Crippen molar-refractivity contribution in [2.75, 3.05) is 11.9 Å². The predicted octanol–water partition coefficient (Wildman–Crippen LogP) is 2.92. The van der Waals surface area contributed by atoms with E-state index in [0.29, 0.717) is 23.6 Å². The van der Waals surface area contributed by atoms with Crippen molar-refractivity contribution in [3.8, 4) is 0 Å². The van der Waals surface area contributed by atoms with Gasteiger partial charge in [-0.3, -0.25) is 4.79 Å². The summed E-state index contributed by atoms with van der Waals surface area (Å²) in [5, 5.41) is 5.11. The second-order valence-corrected chi connectivity index (χ2v) is 6.45. The molecule has 0 spiro atoms. The van der Waals surface area contributed by atoms with Gasteiger partial charge in [-0.25, -0.2) is 4.79 Å². The Morgan fingerprint density at radius 3 is 2.76 bits per heavy atom. The van der Waals surface area contributed by atoms with E-state index in [9.17, 15) is 9.59 Å². The second kappa shape index (κ2) is 7.04. The normalized spacial score (nSPS) is 17.2. The van der Waals surface area contributed by atoms with Crippen molar-refractivity contribution < 1.29 is 14.3 Å². The van der Waals surface area contributed by atoms with Gasteiger partial charge in [-0.1, -0.05) is 19.3 Å². The van der Waals surface area contributed by atoms with Crippen LogP contribution in [0.4, 0.5) is 5.00 Å².